The SMILES string of the molecule is CCCOCCS(=O)(=O)c1ccc(Br)c(C(=O)O)c1. The lowest BCUT2D eigenvalue weighted by atomic mass is 10.2. The Morgan fingerprint density at radius 1 is 1.37 bits per heavy atom. The Balaban J connectivity index is 2.89. The molecule has 0 bridgehead atoms. The van der Waals surface area contributed by atoms with Crippen LogP contribution in [0.15, 0.2) is 27.6 Å². The number of halogens is 1. The molecule has 0 saturated carbocycles. The fourth-order valence-corrected chi connectivity index (χ4v) is 2.96. The number of carboxylic acids is 1. The predicted octanol–water partition coefficient (Wildman–Crippen LogP) is 2.35. The minimum atomic E-state index is -3.52. The lowest BCUT2D eigenvalue weighted by molar-refractivity contribution is 0.0695. The van der Waals surface area contributed by atoms with E-state index < -0.39 is 15.8 Å². The van der Waals surface area contributed by atoms with Gasteiger partial charge in [0.2, 0.25) is 0 Å². The average molecular weight is 351 g/mol. The molecule has 1 aromatic rings. The Morgan fingerprint density at radius 2 is 2.05 bits per heavy atom. The smallest absolute Gasteiger partial charge is 0.336 e. The van der Waals surface area contributed by atoms with Crippen LogP contribution in [-0.4, -0.2) is 38.5 Å². The van der Waals surface area contributed by atoms with E-state index in [4.69, 9.17) is 9.84 Å². The number of rotatable bonds is 7. The fourth-order valence-electron chi connectivity index (χ4n) is 1.39. The third-order valence-electron chi connectivity index (χ3n) is 2.37. The van der Waals surface area contributed by atoms with Gasteiger partial charge >= 0.3 is 5.97 Å². The largest absolute Gasteiger partial charge is 0.478 e. The summed E-state index contributed by atoms with van der Waals surface area (Å²) in [6.45, 7) is 2.55. The van der Waals surface area contributed by atoms with E-state index in [0.29, 0.717) is 11.1 Å². The summed E-state index contributed by atoms with van der Waals surface area (Å²) in [5, 5.41) is 8.95. The van der Waals surface area contributed by atoms with Gasteiger partial charge in [0.25, 0.3) is 0 Å². The van der Waals surface area contributed by atoms with Crippen LogP contribution in [0.3, 0.4) is 0 Å². The van der Waals surface area contributed by atoms with E-state index in [0.717, 1.165) is 12.5 Å². The number of hydrogen-bond donors (Lipinski definition) is 1. The molecule has 7 heteroatoms. The van der Waals surface area contributed by atoms with Crippen molar-refractivity contribution in [2.45, 2.75) is 18.2 Å². The van der Waals surface area contributed by atoms with Gasteiger partial charge in [-0.05, 0) is 40.5 Å². The molecule has 0 heterocycles. The van der Waals surface area contributed by atoms with Gasteiger partial charge in [-0.2, -0.15) is 0 Å². The van der Waals surface area contributed by atoms with Gasteiger partial charge in [-0.1, -0.05) is 6.92 Å². The standard InChI is InChI=1S/C12H15BrO5S/c1-2-5-18-6-7-19(16,17)9-3-4-11(13)10(8-9)12(14)15/h3-4,8H,2,5-7H2,1H3,(H,14,15). The Kier molecular flexibility index (Phi) is 5.96. The van der Waals surface area contributed by atoms with E-state index in [2.05, 4.69) is 15.9 Å². The Bertz CT molecular complexity index is 553. The van der Waals surface area contributed by atoms with Crippen molar-refractivity contribution in [2.24, 2.45) is 0 Å². The lowest BCUT2D eigenvalue weighted by Gasteiger charge is -2.07. The second kappa shape index (κ2) is 7.02. The maximum Gasteiger partial charge on any atom is 0.336 e. The van der Waals surface area contributed by atoms with Gasteiger partial charge in [0.15, 0.2) is 9.84 Å². The topological polar surface area (TPSA) is 80.7 Å². The number of benzene rings is 1. The van der Waals surface area contributed by atoms with Crippen LogP contribution in [0.5, 0.6) is 0 Å². The van der Waals surface area contributed by atoms with Crippen molar-refractivity contribution >= 4 is 31.7 Å². The Hall–Kier alpha value is -0.920. The molecule has 19 heavy (non-hydrogen) atoms. The van der Waals surface area contributed by atoms with Crippen molar-refractivity contribution in [3.05, 3.63) is 28.2 Å². The van der Waals surface area contributed by atoms with Crippen LogP contribution in [0.2, 0.25) is 0 Å². The highest BCUT2D eigenvalue weighted by Crippen LogP contribution is 2.21. The molecule has 0 aromatic heterocycles. The van der Waals surface area contributed by atoms with Crippen LogP contribution in [0, 0.1) is 0 Å². The lowest BCUT2D eigenvalue weighted by Crippen LogP contribution is -2.13. The number of aromatic carboxylic acids is 1. The number of carboxylic acid groups (broad SMARTS) is 1. The Morgan fingerprint density at radius 3 is 2.63 bits per heavy atom. The van der Waals surface area contributed by atoms with Gasteiger partial charge in [-0.15, -0.1) is 0 Å². The summed E-state index contributed by atoms with van der Waals surface area (Å²) >= 11 is 3.07. The van der Waals surface area contributed by atoms with E-state index in [-0.39, 0.29) is 22.8 Å². The molecule has 0 fully saturated rings. The van der Waals surface area contributed by atoms with Crippen LogP contribution >= 0.6 is 15.9 Å². The number of ether oxygens (including phenoxy) is 1. The first-order valence-electron chi connectivity index (χ1n) is 5.72. The second-order valence-electron chi connectivity index (χ2n) is 3.88. The molecule has 5 nitrogen and oxygen atoms in total. The van der Waals surface area contributed by atoms with Crippen LogP contribution in [0.1, 0.15) is 23.7 Å². The zero-order valence-corrected chi connectivity index (χ0v) is 12.8. The average Bonchev–Trinajstić information content (AvgIpc) is 2.34. The zero-order valence-electron chi connectivity index (χ0n) is 10.4. The third kappa shape index (κ3) is 4.59. The zero-order chi connectivity index (χ0) is 14.5. The summed E-state index contributed by atoms with van der Waals surface area (Å²) in [5.41, 5.74) is -0.0736. The summed E-state index contributed by atoms with van der Waals surface area (Å²) in [7, 11) is -3.52. The molecule has 106 valence electrons. The van der Waals surface area contributed by atoms with Gasteiger partial charge in [-0.25, -0.2) is 13.2 Å². The van der Waals surface area contributed by atoms with E-state index in [9.17, 15) is 13.2 Å². The molecular formula is C12H15BrO5S. The first-order chi connectivity index (χ1) is 8.88. The van der Waals surface area contributed by atoms with Crippen LogP contribution in [0.25, 0.3) is 0 Å². The molecule has 0 atom stereocenters. The van der Waals surface area contributed by atoms with E-state index >= 15 is 0 Å². The van der Waals surface area contributed by atoms with Crippen molar-refractivity contribution in [1.29, 1.82) is 0 Å². The summed E-state index contributed by atoms with van der Waals surface area (Å²) in [6.07, 6.45) is 0.821. The maximum absolute atomic E-state index is 12.0. The minimum Gasteiger partial charge on any atom is -0.478 e. The molecule has 0 aliphatic rings. The fraction of sp³-hybridized carbons (Fsp3) is 0.417. The summed E-state index contributed by atoms with van der Waals surface area (Å²) in [4.78, 5) is 10.9. The predicted molar refractivity (Wildman–Crippen MR) is 74.3 cm³/mol. The van der Waals surface area contributed by atoms with E-state index in [1.807, 2.05) is 6.92 Å². The van der Waals surface area contributed by atoms with Crippen molar-refractivity contribution < 1.29 is 23.1 Å². The highest BCUT2D eigenvalue weighted by atomic mass is 79.9. The molecule has 1 rings (SSSR count). The summed E-state index contributed by atoms with van der Waals surface area (Å²) in [5.74, 6) is -1.33. The molecule has 0 aliphatic heterocycles. The Labute approximate surface area is 120 Å². The number of sulfone groups is 1. The van der Waals surface area contributed by atoms with Crippen molar-refractivity contribution in [1.82, 2.24) is 0 Å². The maximum atomic E-state index is 12.0. The van der Waals surface area contributed by atoms with Gasteiger partial charge < -0.3 is 9.84 Å². The summed E-state index contributed by atoms with van der Waals surface area (Å²) < 4.78 is 29.5. The van der Waals surface area contributed by atoms with E-state index in [1.165, 1.54) is 12.1 Å². The molecule has 0 aliphatic carbocycles. The molecule has 0 unspecified atom stereocenters. The van der Waals surface area contributed by atoms with Gasteiger partial charge in [0.1, 0.15) is 0 Å². The van der Waals surface area contributed by atoms with Crippen molar-refractivity contribution in [3.63, 3.8) is 0 Å². The molecule has 0 spiro atoms. The van der Waals surface area contributed by atoms with Crippen LogP contribution in [0.4, 0.5) is 0 Å². The van der Waals surface area contributed by atoms with E-state index in [1.54, 1.807) is 0 Å². The second-order valence-corrected chi connectivity index (χ2v) is 6.84. The van der Waals surface area contributed by atoms with Gasteiger partial charge in [-0.3, -0.25) is 0 Å². The highest BCUT2D eigenvalue weighted by Gasteiger charge is 2.18. The van der Waals surface area contributed by atoms with Crippen LogP contribution < -0.4 is 0 Å². The summed E-state index contributed by atoms with van der Waals surface area (Å²) in [6, 6.07) is 3.95. The monoisotopic (exact) mass is 350 g/mol. The number of carbonyl (C=O) groups is 1. The first-order valence-corrected chi connectivity index (χ1v) is 8.16. The molecule has 0 saturated heterocycles. The first kappa shape index (κ1) is 16.1. The molecular weight excluding hydrogens is 336 g/mol. The molecule has 1 N–H and O–H groups in total. The normalized spacial score (nSPS) is 11.5. The van der Waals surface area contributed by atoms with Crippen LogP contribution in [-0.2, 0) is 14.6 Å². The molecule has 0 radical (unpaired) electrons. The minimum absolute atomic E-state index is 0.00630. The third-order valence-corrected chi connectivity index (χ3v) is 4.74. The quantitative estimate of drug-likeness (QED) is 0.763. The molecule has 0 amide bonds. The molecule has 1 aromatic carbocycles. The van der Waals surface area contributed by atoms with Gasteiger partial charge in [0.05, 0.1) is 22.8 Å². The van der Waals surface area contributed by atoms with Crippen molar-refractivity contribution in [3.8, 4) is 0 Å². The van der Waals surface area contributed by atoms with Gasteiger partial charge in [0, 0.05) is 11.1 Å². The number of hydrogen-bond acceptors (Lipinski definition) is 4. The highest BCUT2D eigenvalue weighted by molar-refractivity contribution is 9.10. The van der Waals surface area contributed by atoms with Crippen molar-refractivity contribution in [2.75, 3.05) is 19.0 Å².